The molecular weight excluding hydrogens is 242 g/mol. The van der Waals surface area contributed by atoms with Gasteiger partial charge in [-0.25, -0.2) is 0 Å². The first-order valence-corrected chi connectivity index (χ1v) is 8.00. The number of nitrogens with one attached hydrogen (secondary N) is 1. The number of hydrogen-bond donors (Lipinski definition) is 2. The van der Waals surface area contributed by atoms with Gasteiger partial charge in [0.15, 0.2) is 0 Å². The van der Waals surface area contributed by atoms with Crippen LogP contribution in [0.5, 0.6) is 5.75 Å². The van der Waals surface area contributed by atoms with Crippen molar-refractivity contribution in [1.82, 2.24) is 5.32 Å². The molecule has 0 heterocycles. The maximum absolute atomic E-state index is 9.29. The maximum Gasteiger partial charge on any atom is 0.115 e. The number of phenols is 1. The lowest BCUT2D eigenvalue weighted by molar-refractivity contribution is 0.474. The third kappa shape index (κ3) is 6.31. The summed E-state index contributed by atoms with van der Waals surface area (Å²) >= 11 is 2.02. The first kappa shape index (κ1) is 15.4. The zero-order chi connectivity index (χ0) is 13.2. The molecule has 1 rings (SSSR count). The lowest BCUT2D eigenvalue weighted by Crippen LogP contribution is -2.34. The number of phenolic OH excluding ortho intramolecular Hbond substituents is 1. The van der Waals surface area contributed by atoms with E-state index in [-0.39, 0.29) is 0 Å². The van der Waals surface area contributed by atoms with Gasteiger partial charge in [-0.05, 0) is 49.3 Å². The Balaban J connectivity index is 2.45. The Morgan fingerprint density at radius 3 is 2.50 bits per heavy atom. The number of hydrogen-bond acceptors (Lipinski definition) is 3. The largest absolute Gasteiger partial charge is 0.508 e. The number of thioether (sulfide) groups is 1. The molecule has 0 aliphatic carbocycles. The van der Waals surface area contributed by atoms with Gasteiger partial charge in [0.2, 0.25) is 0 Å². The smallest absolute Gasteiger partial charge is 0.115 e. The SMILES string of the molecule is CCCNC(CSCCC)Cc1ccc(O)cc1. The average Bonchev–Trinajstić information content (AvgIpc) is 2.38. The minimum atomic E-state index is 0.345. The van der Waals surface area contributed by atoms with E-state index in [4.69, 9.17) is 0 Å². The van der Waals surface area contributed by atoms with Crippen molar-refractivity contribution in [2.24, 2.45) is 0 Å². The van der Waals surface area contributed by atoms with Crippen molar-refractivity contribution in [2.45, 2.75) is 39.2 Å². The van der Waals surface area contributed by atoms with Gasteiger partial charge in [-0.1, -0.05) is 26.0 Å². The van der Waals surface area contributed by atoms with Crippen molar-refractivity contribution in [3.8, 4) is 5.75 Å². The third-order valence-electron chi connectivity index (χ3n) is 2.77. The minimum Gasteiger partial charge on any atom is -0.508 e. The van der Waals surface area contributed by atoms with E-state index in [1.54, 1.807) is 12.1 Å². The second-order valence-electron chi connectivity index (χ2n) is 4.60. The molecular formula is C15H25NOS. The normalized spacial score (nSPS) is 12.6. The summed E-state index contributed by atoms with van der Waals surface area (Å²) in [7, 11) is 0. The van der Waals surface area contributed by atoms with Gasteiger partial charge in [-0.3, -0.25) is 0 Å². The van der Waals surface area contributed by atoms with Gasteiger partial charge >= 0.3 is 0 Å². The third-order valence-corrected chi connectivity index (χ3v) is 4.10. The van der Waals surface area contributed by atoms with Crippen molar-refractivity contribution in [1.29, 1.82) is 0 Å². The topological polar surface area (TPSA) is 32.3 Å². The van der Waals surface area contributed by atoms with Gasteiger partial charge in [0.05, 0.1) is 0 Å². The van der Waals surface area contributed by atoms with Crippen molar-refractivity contribution >= 4 is 11.8 Å². The number of aromatic hydroxyl groups is 1. The second-order valence-corrected chi connectivity index (χ2v) is 5.75. The quantitative estimate of drug-likeness (QED) is 0.672. The lowest BCUT2D eigenvalue weighted by Gasteiger charge is -2.18. The molecule has 0 amide bonds. The summed E-state index contributed by atoms with van der Waals surface area (Å²) in [4.78, 5) is 0. The van der Waals surface area contributed by atoms with Gasteiger partial charge in [-0.15, -0.1) is 0 Å². The molecule has 0 spiro atoms. The zero-order valence-electron chi connectivity index (χ0n) is 11.5. The van der Waals surface area contributed by atoms with Crippen LogP contribution in [-0.2, 0) is 6.42 Å². The molecule has 0 aromatic heterocycles. The van der Waals surface area contributed by atoms with Crippen LogP contribution in [0.15, 0.2) is 24.3 Å². The van der Waals surface area contributed by atoms with E-state index in [9.17, 15) is 5.11 Å². The maximum atomic E-state index is 9.29. The summed E-state index contributed by atoms with van der Waals surface area (Å²) in [5.74, 6) is 2.74. The first-order chi connectivity index (χ1) is 8.76. The molecule has 2 nitrogen and oxygen atoms in total. The van der Waals surface area contributed by atoms with Gasteiger partial charge in [0, 0.05) is 11.8 Å². The van der Waals surface area contributed by atoms with Crippen LogP contribution in [0.2, 0.25) is 0 Å². The van der Waals surface area contributed by atoms with Crippen molar-refractivity contribution < 1.29 is 5.11 Å². The Morgan fingerprint density at radius 1 is 1.17 bits per heavy atom. The number of rotatable bonds is 9. The average molecular weight is 267 g/mol. The summed E-state index contributed by atoms with van der Waals surface area (Å²) in [6.45, 7) is 5.50. The van der Waals surface area contributed by atoms with Gasteiger partial charge in [0.25, 0.3) is 0 Å². The molecule has 0 radical (unpaired) electrons. The number of benzene rings is 1. The predicted molar refractivity (Wildman–Crippen MR) is 81.5 cm³/mol. The zero-order valence-corrected chi connectivity index (χ0v) is 12.3. The molecule has 0 aliphatic heterocycles. The predicted octanol–water partition coefficient (Wildman–Crippen LogP) is 3.45. The van der Waals surface area contributed by atoms with E-state index < -0.39 is 0 Å². The van der Waals surface area contributed by atoms with Crippen molar-refractivity contribution in [3.05, 3.63) is 29.8 Å². The fraction of sp³-hybridized carbons (Fsp3) is 0.600. The molecule has 18 heavy (non-hydrogen) atoms. The summed E-state index contributed by atoms with van der Waals surface area (Å²) in [6, 6.07) is 8.10. The minimum absolute atomic E-state index is 0.345. The molecule has 1 aromatic carbocycles. The fourth-order valence-electron chi connectivity index (χ4n) is 1.82. The van der Waals surface area contributed by atoms with Crippen LogP contribution in [0.1, 0.15) is 32.3 Å². The van der Waals surface area contributed by atoms with Crippen LogP contribution in [0.25, 0.3) is 0 Å². The van der Waals surface area contributed by atoms with E-state index in [1.165, 1.54) is 24.2 Å². The molecule has 0 saturated carbocycles. The Labute approximate surface area is 115 Å². The highest BCUT2D eigenvalue weighted by Crippen LogP contribution is 2.13. The second kappa shape index (κ2) is 9.29. The molecule has 0 bridgehead atoms. The van der Waals surface area contributed by atoms with Crippen molar-refractivity contribution in [2.75, 3.05) is 18.1 Å². The fourth-order valence-corrected chi connectivity index (χ4v) is 2.80. The molecule has 1 atom stereocenters. The first-order valence-electron chi connectivity index (χ1n) is 6.85. The van der Waals surface area contributed by atoms with Crippen LogP contribution in [0, 0.1) is 0 Å². The van der Waals surface area contributed by atoms with Crippen LogP contribution in [-0.4, -0.2) is 29.2 Å². The summed E-state index contributed by atoms with van der Waals surface area (Å²) < 4.78 is 0. The van der Waals surface area contributed by atoms with E-state index in [2.05, 4.69) is 19.2 Å². The van der Waals surface area contributed by atoms with Crippen LogP contribution < -0.4 is 5.32 Å². The lowest BCUT2D eigenvalue weighted by atomic mass is 10.1. The molecule has 102 valence electrons. The Hall–Kier alpha value is -0.670. The Bertz CT molecular complexity index is 313. The highest BCUT2D eigenvalue weighted by molar-refractivity contribution is 7.99. The monoisotopic (exact) mass is 267 g/mol. The van der Waals surface area contributed by atoms with Gasteiger partial charge in [0.1, 0.15) is 5.75 Å². The standard InChI is InChI=1S/C15H25NOS/c1-3-9-16-14(12-18-10-4-2)11-13-5-7-15(17)8-6-13/h5-8,14,16-17H,3-4,9-12H2,1-2H3. The van der Waals surface area contributed by atoms with E-state index >= 15 is 0 Å². The van der Waals surface area contributed by atoms with Crippen LogP contribution in [0.4, 0.5) is 0 Å². The molecule has 0 saturated heterocycles. The van der Waals surface area contributed by atoms with E-state index in [0.29, 0.717) is 11.8 Å². The Kier molecular flexibility index (Phi) is 7.94. The van der Waals surface area contributed by atoms with Gasteiger partial charge in [-0.2, -0.15) is 11.8 Å². The molecule has 0 fully saturated rings. The summed E-state index contributed by atoms with van der Waals surface area (Å²) in [6.07, 6.45) is 3.45. The van der Waals surface area contributed by atoms with E-state index in [1.807, 2.05) is 23.9 Å². The molecule has 1 aromatic rings. The highest BCUT2D eigenvalue weighted by atomic mass is 32.2. The molecule has 0 aliphatic rings. The van der Waals surface area contributed by atoms with Crippen molar-refractivity contribution in [3.63, 3.8) is 0 Å². The summed E-state index contributed by atoms with van der Waals surface area (Å²) in [5.41, 5.74) is 1.29. The molecule has 3 heteroatoms. The highest BCUT2D eigenvalue weighted by Gasteiger charge is 2.08. The Morgan fingerprint density at radius 2 is 1.89 bits per heavy atom. The van der Waals surface area contributed by atoms with E-state index in [0.717, 1.165) is 18.7 Å². The van der Waals surface area contributed by atoms with Crippen LogP contribution in [0.3, 0.4) is 0 Å². The molecule has 2 N–H and O–H groups in total. The summed E-state index contributed by atoms with van der Waals surface area (Å²) in [5, 5.41) is 12.9. The van der Waals surface area contributed by atoms with Crippen LogP contribution >= 0.6 is 11.8 Å². The van der Waals surface area contributed by atoms with Gasteiger partial charge < -0.3 is 10.4 Å². The molecule has 1 unspecified atom stereocenters.